The number of aliphatic imine (C=N–C) groups is 2. The summed E-state index contributed by atoms with van der Waals surface area (Å²) < 4.78 is 5.09. The number of aromatic nitrogens is 2. The molecule has 6 heteroatoms. The normalized spacial score (nSPS) is 17.7. The van der Waals surface area contributed by atoms with Crippen LogP contribution >= 0.6 is 0 Å². The van der Waals surface area contributed by atoms with Gasteiger partial charge in [-0.1, -0.05) is 146 Å². The lowest BCUT2D eigenvalue weighted by atomic mass is 9.94. The monoisotopic (exact) mass is 752 g/mol. The van der Waals surface area contributed by atoms with Gasteiger partial charge in [0.05, 0.1) is 52.7 Å². The molecule has 2 aromatic heterocycles. The summed E-state index contributed by atoms with van der Waals surface area (Å²) in [6, 6.07) is 37.8. The van der Waals surface area contributed by atoms with Crippen molar-refractivity contribution in [2.24, 2.45) is 15.9 Å². The van der Waals surface area contributed by atoms with Gasteiger partial charge >= 0.3 is 0 Å². The van der Waals surface area contributed by atoms with Crippen molar-refractivity contribution in [1.82, 2.24) is 19.8 Å². The van der Waals surface area contributed by atoms with E-state index in [-0.39, 0.29) is 5.92 Å². The van der Waals surface area contributed by atoms with Crippen LogP contribution in [0.1, 0.15) is 30.4 Å². The first-order valence-electron chi connectivity index (χ1n) is 20.5. The highest BCUT2D eigenvalue weighted by molar-refractivity contribution is 6.16. The molecule has 4 aliphatic rings. The number of para-hydroxylation sites is 1. The van der Waals surface area contributed by atoms with E-state index in [1.807, 2.05) is 7.05 Å². The van der Waals surface area contributed by atoms with E-state index in [4.69, 9.17) is 9.98 Å². The number of nitrogens with one attached hydrogen (secondary N) is 2. The Bertz CT molecular complexity index is 3060. The third kappa shape index (κ3) is 5.54. The fraction of sp³-hybridized carbons (Fsp3) is 0.154. The SMILES string of the molecule is CN=C(C1=CC=CCC1)C1=C(NCn2c3c(c4ccc5ccccc5c42)C=CCc2c-3n(-c3ccccc3)c3c2ccc2ccccc23)CN=C(C2C=CC=CC2)N1. The molecule has 1 atom stereocenters. The molecule has 1 aliphatic heterocycles. The quantitative estimate of drug-likeness (QED) is 0.159. The zero-order valence-corrected chi connectivity index (χ0v) is 32.6. The van der Waals surface area contributed by atoms with Crippen LogP contribution in [0, 0.1) is 5.92 Å². The van der Waals surface area contributed by atoms with E-state index in [1.54, 1.807) is 0 Å². The van der Waals surface area contributed by atoms with Crippen LogP contribution in [0.5, 0.6) is 0 Å². The number of fused-ring (bicyclic) bond motifs is 11. The van der Waals surface area contributed by atoms with E-state index in [0.717, 1.165) is 54.3 Å². The average molecular weight is 753 g/mol. The van der Waals surface area contributed by atoms with Crippen LogP contribution in [0.15, 0.2) is 179 Å². The van der Waals surface area contributed by atoms with Crippen molar-refractivity contribution >= 4 is 61.0 Å². The molecule has 0 saturated carbocycles. The Labute approximate surface area is 338 Å². The van der Waals surface area contributed by atoms with Crippen LogP contribution in [-0.4, -0.2) is 34.3 Å². The molecule has 0 bridgehead atoms. The lowest BCUT2D eigenvalue weighted by molar-refractivity contribution is 0.623. The summed E-state index contributed by atoms with van der Waals surface area (Å²) in [5.41, 5.74) is 13.0. The highest BCUT2D eigenvalue weighted by atomic mass is 15.2. The zero-order chi connectivity index (χ0) is 38.6. The number of amidine groups is 1. The smallest absolute Gasteiger partial charge is 0.109 e. The summed E-state index contributed by atoms with van der Waals surface area (Å²) in [6.45, 7) is 1.08. The van der Waals surface area contributed by atoms with Crippen LogP contribution < -0.4 is 10.6 Å². The van der Waals surface area contributed by atoms with Crippen LogP contribution in [0.25, 0.3) is 66.5 Å². The van der Waals surface area contributed by atoms with E-state index < -0.39 is 0 Å². The highest BCUT2D eigenvalue weighted by Crippen LogP contribution is 2.46. The summed E-state index contributed by atoms with van der Waals surface area (Å²) in [7, 11) is 1.92. The molecule has 3 aliphatic carbocycles. The third-order valence-corrected chi connectivity index (χ3v) is 12.3. The van der Waals surface area contributed by atoms with Gasteiger partial charge in [-0.3, -0.25) is 9.98 Å². The fourth-order valence-electron chi connectivity index (χ4n) is 9.65. The van der Waals surface area contributed by atoms with Crippen molar-refractivity contribution in [3.8, 4) is 17.1 Å². The molecular weight excluding hydrogens is 709 g/mol. The number of allylic oxidation sites excluding steroid dienone is 8. The minimum atomic E-state index is 0.205. The van der Waals surface area contributed by atoms with Gasteiger partial charge in [-0.15, -0.1) is 0 Å². The van der Waals surface area contributed by atoms with Crippen molar-refractivity contribution in [2.75, 3.05) is 13.6 Å². The maximum Gasteiger partial charge on any atom is 0.109 e. The summed E-state index contributed by atoms with van der Waals surface area (Å²) in [4.78, 5) is 10.2. The Balaban J connectivity index is 1.15. The van der Waals surface area contributed by atoms with Crippen LogP contribution in [0.4, 0.5) is 0 Å². The maximum absolute atomic E-state index is 5.20. The van der Waals surface area contributed by atoms with Crippen molar-refractivity contribution in [3.63, 3.8) is 0 Å². The van der Waals surface area contributed by atoms with Gasteiger partial charge in [0, 0.05) is 45.8 Å². The third-order valence-electron chi connectivity index (χ3n) is 12.3. The van der Waals surface area contributed by atoms with Crippen LogP contribution in [0.3, 0.4) is 0 Å². The Kier molecular flexibility index (Phi) is 8.42. The molecule has 3 heterocycles. The second-order valence-electron chi connectivity index (χ2n) is 15.6. The number of hydrogen-bond acceptors (Lipinski definition) is 4. The van der Waals surface area contributed by atoms with Gasteiger partial charge in [-0.2, -0.15) is 0 Å². The zero-order valence-electron chi connectivity index (χ0n) is 32.6. The van der Waals surface area contributed by atoms with Gasteiger partial charge in [-0.05, 0) is 59.7 Å². The Morgan fingerprint density at radius 1 is 0.776 bits per heavy atom. The predicted molar refractivity (Wildman–Crippen MR) is 244 cm³/mol. The number of rotatable bonds is 7. The van der Waals surface area contributed by atoms with Crippen molar-refractivity contribution in [3.05, 3.63) is 180 Å². The van der Waals surface area contributed by atoms with Gasteiger partial charge in [0.25, 0.3) is 0 Å². The number of hydrogen-bond donors (Lipinski definition) is 2. The second kappa shape index (κ2) is 14.2. The first-order chi connectivity index (χ1) is 28.8. The molecule has 11 rings (SSSR count). The van der Waals surface area contributed by atoms with E-state index in [2.05, 4.69) is 178 Å². The molecule has 0 saturated heterocycles. The Hall–Kier alpha value is -6.92. The number of benzene rings is 5. The molecular formula is C52H44N6. The lowest BCUT2D eigenvalue weighted by Gasteiger charge is -2.29. The van der Waals surface area contributed by atoms with Crippen LogP contribution in [-0.2, 0) is 13.1 Å². The van der Waals surface area contributed by atoms with Gasteiger partial charge in [0.1, 0.15) is 5.84 Å². The van der Waals surface area contributed by atoms with E-state index in [0.29, 0.717) is 13.2 Å². The van der Waals surface area contributed by atoms with Crippen LogP contribution in [0.2, 0.25) is 0 Å². The minimum absolute atomic E-state index is 0.205. The molecule has 0 radical (unpaired) electrons. The topological polar surface area (TPSA) is 58.6 Å². The van der Waals surface area contributed by atoms with Gasteiger partial charge in [0.15, 0.2) is 0 Å². The first kappa shape index (κ1) is 34.3. The van der Waals surface area contributed by atoms with E-state index in [1.165, 1.54) is 71.4 Å². The summed E-state index contributed by atoms with van der Waals surface area (Å²) in [5.74, 6) is 1.20. The van der Waals surface area contributed by atoms with Crippen molar-refractivity contribution in [2.45, 2.75) is 32.4 Å². The maximum atomic E-state index is 5.20. The van der Waals surface area contributed by atoms with Crippen molar-refractivity contribution < 1.29 is 0 Å². The summed E-state index contributed by atoms with van der Waals surface area (Å²) >= 11 is 0. The highest BCUT2D eigenvalue weighted by Gasteiger charge is 2.30. The molecule has 6 nitrogen and oxygen atoms in total. The molecule has 5 aromatic carbocycles. The summed E-state index contributed by atoms with van der Waals surface area (Å²) in [6.07, 6.45) is 23.8. The molecule has 1 unspecified atom stereocenters. The second-order valence-corrected chi connectivity index (χ2v) is 15.6. The molecule has 0 fully saturated rings. The molecule has 0 spiro atoms. The molecule has 2 N–H and O–H groups in total. The summed E-state index contributed by atoms with van der Waals surface area (Å²) in [5, 5.41) is 15.3. The fourth-order valence-corrected chi connectivity index (χ4v) is 9.65. The largest absolute Gasteiger partial charge is 0.367 e. The number of nitrogens with zero attached hydrogens (tertiary/aromatic N) is 4. The molecule has 7 aromatic rings. The molecule has 0 amide bonds. The standard InChI is InChI=1S/C52H44N6/c1-53-46(36-18-5-2-6-19-36)47-45(32-54-52(56-47)37-20-7-3-8-21-37)55-33-57-48-39-24-13-11-16-34(39)28-30-43(48)41-26-15-27-42-44-31-29-35-17-12-14-25-40(35)49(44)58(51(42)50(41)57)38-22-9-4-10-23-38/h2-5,7-18,20,22-26,28-31,37,55H,6,19,21,27,32-33H2,1H3,(H,54,56). The Morgan fingerprint density at radius 2 is 1.55 bits per heavy atom. The van der Waals surface area contributed by atoms with Gasteiger partial charge < -0.3 is 19.8 Å². The Morgan fingerprint density at radius 3 is 2.31 bits per heavy atom. The average Bonchev–Trinajstić information content (AvgIpc) is 3.71. The first-order valence-corrected chi connectivity index (χ1v) is 20.5. The minimum Gasteiger partial charge on any atom is -0.367 e. The van der Waals surface area contributed by atoms with Crippen molar-refractivity contribution in [1.29, 1.82) is 0 Å². The van der Waals surface area contributed by atoms with Gasteiger partial charge in [-0.25, -0.2) is 0 Å². The predicted octanol–water partition coefficient (Wildman–Crippen LogP) is 11.4. The van der Waals surface area contributed by atoms with E-state index >= 15 is 0 Å². The van der Waals surface area contributed by atoms with E-state index in [9.17, 15) is 0 Å². The lowest BCUT2D eigenvalue weighted by Crippen LogP contribution is -2.40. The molecule has 58 heavy (non-hydrogen) atoms. The van der Waals surface area contributed by atoms with Gasteiger partial charge in [0.2, 0.25) is 0 Å². The molecule has 282 valence electrons.